The molecule has 0 aliphatic carbocycles. The molecule has 7 heteroatoms. The van der Waals surface area contributed by atoms with Crippen LogP contribution in [0.4, 0.5) is 5.82 Å². The van der Waals surface area contributed by atoms with Crippen LogP contribution in [-0.2, 0) is 16.4 Å². The zero-order valence-corrected chi connectivity index (χ0v) is 13.6. The molecule has 1 aromatic heterocycles. The second-order valence-electron chi connectivity index (χ2n) is 5.44. The Hall–Kier alpha value is -1.21. The number of rotatable bonds is 5. The van der Waals surface area contributed by atoms with Crippen LogP contribution in [0, 0.1) is 5.92 Å². The van der Waals surface area contributed by atoms with E-state index < -0.39 is 10.0 Å². The van der Waals surface area contributed by atoms with E-state index in [-0.39, 0.29) is 5.75 Å². The molecule has 0 bridgehead atoms. The standard InChI is InChI=1S/C14H24N4O2S/c1-3-21(19,20)18-7-4-5-12(6-8-18)9-13-10-17-14(15-2)11-16-13/h10-12H,3-9H2,1-2H3,(H,15,17). The Bertz CT molecular complexity index is 545. The van der Waals surface area contributed by atoms with Gasteiger partial charge in [0.25, 0.3) is 0 Å². The fourth-order valence-corrected chi connectivity index (χ4v) is 3.84. The second-order valence-corrected chi connectivity index (χ2v) is 7.70. The van der Waals surface area contributed by atoms with Crippen LogP contribution in [0.3, 0.4) is 0 Å². The van der Waals surface area contributed by atoms with Crippen LogP contribution in [0.15, 0.2) is 12.4 Å². The zero-order chi connectivity index (χ0) is 15.3. The molecule has 1 aromatic rings. The molecule has 0 aromatic carbocycles. The molecule has 1 aliphatic heterocycles. The fraction of sp³-hybridized carbons (Fsp3) is 0.714. The number of nitrogens with one attached hydrogen (secondary N) is 1. The SMILES string of the molecule is CCS(=O)(=O)N1CCCC(Cc2cnc(NC)cn2)CC1. The lowest BCUT2D eigenvalue weighted by atomic mass is 9.95. The van der Waals surface area contributed by atoms with Gasteiger partial charge in [-0.25, -0.2) is 17.7 Å². The highest BCUT2D eigenvalue weighted by atomic mass is 32.2. The van der Waals surface area contributed by atoms with E-state index in [4.69, 9.17) is 0 Å². The van der Waals surface area contributed by atoms with Gasteiger partial charge in [0, 0.05) is 20.1 Å². The maximum atomic E-state index is 11.9. The summed E-state index contributed by atoms with van der Waals surface area (Å²) in [6, 6.07) is 0. The van der Waals surface area contributed by atoms with Gasteiger partial charge >= 0.3 is 0 Å². The minimum absolute atomic E-state index is 0.189. The summed E-state index contributed by atoms with van der Waals surface area (Å²) in [6.07, 6.45) is 7.28. The van der Waals surface area contributed by atoms with E-state index >= 15 is 0 Å². The van der Waals surface area contributed by atoms with Crippen molar-refractivity contribution in [1.29, 1.82) is 0 Å². The van der Waals surface area contributed by atoms with Crippen molar-refractivity contribution in [1.82, 2.24) is 14.3 Å². The van der Waals surface area contributed by atoms with E-state index in [0.717, 1.165) is 37.2 Å². The van der Waals surface area contributed by atoms with Crippen molar-refractivity contribution in [3.05, 3.63) is 18.1 Å². The molecular weight excluding hydrogens is 288 g/mol. The monoisotopic (exact) mass is 312 g/mol. The summed E-state index contributed by atoms with van der Waals surface area (Å²) in [6.45, 7) is 2.98. The molecule has 1 unspecified atom stereocenters. The number of anilines is 1. The van der Waals surface area contributed by atoms with Crippen molar-refractivity contribution < 1.29 is 8.42 Å². The van der Waals surface area contributed by atoms with Gasteiger partial charge < -0.3 is 5.32 Å². The normalized spacial score (nSPS) is 21.0. The first-order valence-corrected chi connectivity index (χ1v) is 9.12. The summed E-state index contributed by atoms with van der Waals surface area (Å²) in [5.41, 5.74) is 0.978. The molecule has 1 atom stereocenters. The van der Waals surface area contributed by atoms with E-state index in [1.54, 1.807) is 23.6 Å². The molecular formula is C14H24N4O2S. The van der Waals surface area contributed by atoms with Gasteiger partial charge in [0.2, 0.25) is 10.0 Å². The minimum atomic E-state index is -3.05. The van der Waals surface area contributed by atoms with Gasteiger partial charge in [0.1, 0.15) is 5.82 Å². The van der Waals surface area contributed by atoms with Crippen molar-refractivity contribution >= 4 is 15.8 Å². The lowest BCUT2D eigenvalue weighted by Gasteiger charge is -2.19. The Morgan fingerprint density at radius 2 is 2.10 bits per heavy atom. The van der Waals surface area contributed by atoms with Crippen molar-refractivity contribution in [3.8, 4) is 0 Å². The van der Waals surface area contributed by atoms with Gasteiger partial charge in [-0.1, -0.05) is 0 Å². The number of nitrogens with zero attached hydrogens (tertiary/aromatic N) is 3. The molecule has 0 amide bonds. The third kappa shape index (κ3) is 4.38. The average molecular weight is 312 g/mol. The van der Waals surface area contributed by atoms with Crippen LogP contribution in [0.1, 0.15) is 31.9 Å². The van der Waals surface area contributed by atoms with E-state index in [2.05, 4.69) is 15.3 Å². The summed E-state index contributed by atoms with van der Waals surface area (Å²) in [5, 5.41) is 2.95. The molecule has 1 aliphatic rings. The predicted octanol–water partition coefficient (Wildman–Crippen LogP) is 1.51. The Morgan fingerprint density at radius 3 is 2.71 bits per heavy atom. The van der Waals surface area contributed by atoms with Crippen LogP contribution >= 0.6 is 0 Å². The van der Waals surface area contributed by atoms with Crippen LogP contribution in [0.2, 0.25) is 0 Å². The van der Waals surface area contributed by atoms with Crippen molar-refractivity contribution in [2.45, 2.75) is 32.6 Å². The lowest BCUT2D eigenvalue weighted by Crippen LogP contribution is -2.33. The molecule has 2 heterocycles. The molecule has 118 valence electrons. The highest BCUT2D eigenvalue weighted by Gasteiger charge is 2.24. The highest BCUT2D eigenvalue weighted by Crippen LogP contribution is 2.22. The quantitative estimate of drug-likeness (QED) is 0.892. The average Bonchev–Trinajstić information content (AvgIpc) is 2.74. The van der Waals surface area contributed by atoms with Crippen molar-refractivity contribution in [2.75, 3.05) is 31.2 Å². The molecule has 0 saturated carbocycles. The number of aromatic nitrogens is 2. The van der Waals surface area contributed by atoms with E-state index in [1.807, 2.05) is 7.05 Å². The van der Waals surface area contributed by atoms with Gasteiger partial charge in [0.15, 0.2) is 0 Å². The van der Waals surface area contributed by atoms with E-state index in [1.165, 1.54) is 0 Å². The molecule has 0 radical (unpaired) electrons. The Morgan fingerprint density at radius 1 is 1.29 bits per heavy atom. The zero-order valence-electron chi connectivity index (χ0n) is 12.7. The molecule has 1 saturated heterocycles. The summed E-state index contributed by atoms with van der Waals surface area (Å²) < 4.78 is 25.5. The number of hydrogen-bond acceptors (Lipinski definition) is 5. The van der Waals surface area contributed by atoms with Crippen LogP contribution in [0.25, 0.3) is 0 Å². The van der Waals surface area contributed by atoms with Crippen LogP contribution in [-0.4, -0.2) is 48.6 Å². The summed E-state index contributed by atoms with van der Waals surface area (Å²) in [7, 11) is -1.24. The second kappa shape index (κ2) is 7.17. The summed E-state index contributed by atoms with van der Waals surface area (Å²) in [5.74, 6) is 1.44. The first-order chi connectivity index (χ1) is 10.0. The van der Waals surface area contributed by atoms with Crippen LogP contribution in [0.5, 0.6) is 0 Å². The first-order valence-electron chi connectivity index (χ1n) is 7.51. The van der Waals surface area contributed by atoms with Gasteiger partial charge in [0.05, 0.1) is 23.8 Å². The Kier molecular flexibility index (Phi) is 5.52. The number of hydrogen-bond donors (Lipinski definition) is 1. The first kappa shape index (κ1) is 16.2. The third-order valence-electron chi connectivity index (χ3n) is 4.02. The maximum absolute atomic E-state index is 11.9. The largest absolute Gasteiger partial charge is 0.372 e. The molecule has 2 rings (SSSR count). The summed E-state index contributed by atoms with van der Waals surface area (Å²) >= 11 is 0. The van der Waals surface area contributed by atoms with Gasteiger partial charge in [-0.15, -0.1) is 0 Å². The van der Waals surface area contributed by atoms with Gasteiger partial charge in [-0.2, -0.15) is 0 Å². The molecule has 0 spiro atoms. The smallest absolute Gasteiger partial charge is 0.213 e. The summed E-state index contributed by atoms with van der Waals surface area (Å²) in [4.78, 5) is 8.68. The van der Waals surface area contributed by atoms with E-state index in [9.17, 15) is 8.42 Å². The molecule has 1 fully saturated rings. The predicted molar refractivity (Wildman–Crippen MR) is 83.7 cm³/mol. The molecule has 1 N–H and O–H groups in total. The van der Waals surface area contributed by atoms with Crippen LogP contribution < -0.4 is 5.32 Å². The Labute approximate surface area is 127 Å². The topological polar surface area (TPSA) is 75.2 Å². The van der Waals surface area contributed by atoms with Gasteiger partial charge in [-0.3, -0.25) is 4.98 Å². The van der Waals surface area contributed by atoms with Crippen molar-refractivity contribution in [2.24, 2.45) is 5.92 Å². The molecule has 6 nitrogen and oxygen atoms in total. The number of sulfonamides is 1. The highest BCUT2D eigenvalue weighted by molar-refractivity contribution is 7.89. The van der Waals surface area contributed by atoms with Crippen molar-refractivity contribution in [3.63, 3.8) is 0 Å². The van der Waals surface area contributed by atoms with Gasteiger partial charge in [-0.05, 0) is 38.5 Å². The van der Waals surface area contributed by atoms with E-state index in [0.29, 0.717) is 19.0 Å². The Balaban J connectivity index is 1.93. The third-order valence-corrected chi connectivity index (χ3v) is 5.91. The lowest BCUT2D eigenvalue weighted by molar-refractivity contribution is 0.410. The fourth-order valence-electron chi connectivity index (χ4n) is 2.69. The maximum Gasteiger partial charge on any atom is 0.213 e. The molecule has 21 heavy (non-hydrogen) atoms. The minimum Gasteiger partial charge on any atom is -0.372 e.